The normalized spacial score (nSPS) is 12.7. The predicted molar refractivity (Wildman–Crippen MR) is 78.9 cm³/mol. The summed E-state index contributed by atoms with van der Waals surface area (Å²) in [6, 6.07) is 7.65. The number of hydrogen-bond acceptors (Lipinski definition) is 4. The van der Waals surface area contributed by atoms with Crippen LogP contribution >= 0.6 is 0 Å². The van der Waals surface area contributed by atoms with Crippen LogP contribution in [0.2, 0.25) is 0 Å². The van der Waals surface area contributed by atoms with Crippen LogP contribution in [0.1, 0.15) is 17.2 Å². The highest BCUT2D eigenvalue weighted by molar-refractivity contribution is 5.76. The number of benzene rings is 1. The minimum absolute atomic E-state index is 0.221. The molecule has 0 radical (unpaired) electrons. The molecule has 0 aliphatic carbocycles. The summed E-state index contributed by atoms with van der Waals surface area (Å²) in [4.78, 5) is 12.1. The highest BCUT2D eigenvalue weighted by Gasteiger charge is 2.14. The summed E-state index contributed by atoms with van der Waals surface area (Å²) in [5.74, 6) is 0. The van der Waals surface area contributed by atoms with E-state index in [2.05, 4.69) is 10.2 Å². The lowest BCUT2D eigenvalue weighted by Gasteiger charge is -2.12. The van der Waals surface area contributed by atoms with Gasteiger partial charge < -0.3 is 5.11 Å². The van der Waals surface area contributed by atoms with Crippen molar-refractivity contribution >= 4 is 10.9 Å². The molecule has 0 spiro atoms. The van der Waals surface area contributed by atoms with Gasteiger partial charge in [-0.2, -0.15) is 10.2 Å². The molecule has 3 aromatic rings. The van der Waals surface area contributed by atoms with Crippen LogP contribution in [0.4, 0.5) is 0 Å². The van der Waals surface area contributed by atoms with E-state index in [1.54, 1.807) is 19.4 Å². The van der Waals surface area contributed by atoms with E-state index in [0.29, 0.717) is 10.9 Å². The second kappa shape index (κ2) is 5.14. The van der Waals surface area contributed by atoms with E-state index in [-0.39, 0.29) is 12.1 Å². The number of nitrogens with zero attached hydrogens (tertiary/aromatic N) is 4. The molecule has 1 atom stereocenters. The summed E-state index contributed by atoms with van der Waals surface area (Å²) in [6.45, 7) is 2.22. The van der Waals surface area contributed by atoms with E-state index in [1.165, 1.54) is 9.36 Å². The van der Waals surface area contributed by atoms with Crippen LogP contribution in [0, 0.1) is 6.92 Å². The van der Waals surface area contributed by atoms with Gasteiger partial charge in [-0.15, -0.1) is 0 Å². The number of rotatable bonds is 3. The maximum atomic E-state index is 12.1. The molecule has 1 N–H and O–H groups in total. The second-order valence-electron chi connectivity index (χ2n) is 5.13. The summed E-state index contributed by atoms with van der Waals surface area (Å²) in [7, 11) is 1.59. The van der Waals surface area contributed by atoms with Crippen molar-refractivity contribution in [3.63, 3.8) is 0 Å². The van der Waals surface area contributed by atoms with E-state index in [1.807, 2.05) is 31.2 Å². The molecule has 0 bridgehead atoms. The molecule has 21 heavy (non-hydrogen) atoms. The Labute approximate surface area is 121 Å². The SMILES string of the molecule is Cc1ccc(C(O)Cn2ncc3cnn(C)c(=O)c32)cc1. The quantitative estimate of drug-likeness (QED) is 0.783. The molecule has 2 aromatic heterocycles. The highest BCUT2D eigenvalue weighted by atomic mass is 16.3. The minimum Gasteiger partial charge on any atom is -0.386 e. The molecule has 108 valence electrons. The molecule has 6 nitrogen and oxygen atoms in total. The van der Waals surface area contributed by atoms with Crippen molar-refractivity contribution in [2.75, 3.05) is 0 Å². The molecular formula is C15H16N4O2. The lowest BCUT2D eigenvalue weighted by atomic mass is 10.1. The molecule has 3 rings (SSSR count). The van der Waals surface area contributed by atoms with Gasteiger partial charge >= 0.3 is 0 Å². The summed E-state index contributed by atoms with van der Waals surface area (Å²) in [6.07, 6.45) is 2.47. The highest BCUT2D eigenvalue weighted by Crippen LogP contribution is 2.17. The fourth-order valence-electron chi connectivity index (χ4n) is 2.28. The third-order valence-electron chi connectivity index (χ3n) is 3.54. The zero-order valence-corrected chi connectivity index (χ0v) is 11.9. The first-order valence-corrected chi connectivity index (χ1v) is 6.69. The number of fused-ring (bicyclic) bond motifs is 1. The second-order valence-corrected chi connectivity index (χ2v) is 5.13. The van der Waals surface area contributed by atoms with Crippen molar-refractivity contribution in [1.82, 2.24) is 19.6 Å². The summed E-state index contributed by atoms with van der Waals surface area (Å²) < 4.78 is 2.79. The van der Waals surface area contributed by atoms with Gasteiger partial charge in [0.2, 0.25) is 0 Å². The minimum atomic E-state index is -0.716. The van der Waals surface area contributed by atoms with Gasteiger partial charge in [0, 0.05) is 12.4 Å². The van der Waals surface area contributed by atoms with Gasteiger partial charge in [-0.3, -0.25) is 9.48 Å². The molecule has 0 fully saturated rings. The third-order valence-corrected chi connectivity index (χ3v) is 3.54. The largest absolute Gasteiger partial charge is 0.386 e. The van der Waals surface area contributed by atoms with Crippen LogP contribution < -0.4 is 5.56 Å². The van der Waals surface area contributed by atoms with Crippen LogP contribution in [0.25, 0.3) is 10.9 Å². The Morgan fingerprint density at radius 3 is 2.57 bits per heavy atom. The van der Waals surface area contributed by atoms with Crippen molar-refractivity contribution in [3.8, 4) is 0 Å². The standard InChI is InChI=1S/C15H16N4O2/c1-10-3-5-11(6-4-10)13(20)9-19-14-12(8-17-19)7-16-18(2)15(14)21/h3-8,13,20H,9H2,1-2H3. The first kappa shape index (κ1) is 13.5. The Bertz CT molecular complexity index is 833. The maximum Gasteiger partial charge on any atom is 0.292 e. The van der Waals surface area contributed by atoms with Crippen LogP contribution in [0.3, 0.4) is 0 Å². The Kier molecular flexibility index (Phi) is 3.31. The van der Waals surface area contributed by atoms with Crippen LogP contribution in [-0.2, 0) is 13.6 Å². The number of aryl methyl sites for hydroxylation is 2. The Balaban J connectivity index is 1.96. The van der Waals surface area contributed by atoms with Gasteiger partial charge in [0.05, 0.1) is 25.0 Å². The van der Waals surface area contributed by atoms with Gasteiger partial charge in [0.1, 0.15) is 5.52 Å². The number of aliphatic hydroxyl groups excluding tert-OH is 1. The van der Waals surface area contributed by atoms with Gasteiger partial charge in [0.25, 0.3) is 5.56 Å². The van der Waals surface area contributed by atoms with Gasteiger partial charge in [0.15, 0.2) is 0 Å². The Morgan fingerprint density at radius 2 is 1.86 bits per heavy atom. The molecule has 6 heteroatoms. The summed E-state index contributed by atoms with van der Waals surface area (Å²) >= 11 is 0. The maximum absolute atomic E-state index is 12.1. The molecule has 0 saturated carbocycles. The molecule has 1 aromatic carbocycles. The first-order chi connectivity index (χ1) is 10.1. The first-order valence-electron chi connectivity index (χ1n) is 6.69. The van der Waals surface area contributed by atoms with Gasteiger partial charge in [-0.1, -0.05) is 29.8 Å². The smallest absolute Gasteiger partial charge is 0.292 e. The van der Waals surface area contributed by atoms with Crippen LogP contribution in [0.5, 0.6) is 0 Å². The predicted octanol–water partition coefficient (Wildman–Crippen LogP) is 1.17. The lowest BCUT2D eigenvalue weighted by Crippen LogP contribution is -2.22. The molecule has 0 aliphatic heterocycles. The molecule has 0 saturated heterocycles. The van der Waals surface area contributed by atoms with E-state index in [4.69, 9.17) is 0 Å². The fraction of sp³-hybridized carbons (Fsp3) is 0.267. The molecule has 0 amide bonds. The Morgan fingerprint density at radius 1 is 1.19 bits per heavy atom. The van der Waals surface area contributed by atoms with E-state index in [0.717, 1.165) is 11.1 Å². The Hall–Kier alpha value is -2.47. The van der Waals surface area contributed by atoms with Gasteiger partial charge in [-0.25, -0.2) is 4.68 Å². The van der Waals surface area contributed by atoms with Crippen molar-refractivity contribution < 1.29 is 5.11 Å². The molecular weight excluding hydrogens is 268 g/mol. The zero-order chi connectivity index (χ0) is 15.0. The van der Waals surface area contributed by atoms with Crippen molar-refractivity contribution in [2.45, 2.75) is 19.6 Å². The number of aliphatic hydroxyl groups is 1. The summed E-state index contributed by atoms with van der Waals surface area (Å²) in [5, 5.41) is 19.1. The van der Waals surface area contributed by atoms with Crippen LogP contribution in [0.15, 0.2) is 41.5 Å². The number of aromatic nitrogens is 4. The summed E-state index contributed by atoms with van der Waals surface area (Å²) in [5.41, 5.74) is 2.17. The lowest BCUT2D eigenvalue weighted by molar-refractivity contribution is 0.153. The third kappa shape index (κ3) is 2.45. The van der Waals surface area contributed by atoms with Gasteiger partial charge in [-0.05, 0) is 12.5 Å². The molecule has 2 heterocycles. The van der Waals surface area contributed by atoms with Crippen molar-refractivity contribution in [1.29, 1.82) is 0 Å². The average Bonchev–Trinajstić information content (AvgIpc) is 2.87. The van der Waals surface area contributed by atoms with E-state index in [9.17, 15) is 9.90 Å². The zero-order valence-electron chi connectivity index (χ0n) is 11.9. The molecule has 1 unspecified atom stereocenters. The number of hydrogen-bond donors (Lipinski definition) is 1. The van der Waals surface area contributed by atoms with Crippen molar-refractivity contribution in [2.24, 2.45) is 7.05 Å². The average molecular weight is 284 g/mol. The van der Waals surface area contributed by atoms with E-state index >= 15 is 0 Å². The van der Waals surface area contributed by atoms with Crippen molar-refractivity contribution in [3.05, 3.63) is 58.1 Å². The topological polar surface area (TPSA) is 72.9 Å². The molecule has 0 aliphatic rings. The van der Waals surface area contributed by atoms with Crippen LogP contribution in [-0.4, -0.2) is 24.7 Å². The monoisotopic (exact) mass is 284 g/mol. The fourth-order valence-corrected chi connectivity index (χ4v) is 2.28. The van der Waals surface area contributed by atoms with E-state index < -0.39 is 6.10 Å².